The van der Waals surface area contributed by atoms with Gasteiger partial charge in [-0.1, -0.05) is 12.1 Å². The van der Waals surface area contributed by atoms with Crippen molar-refractivity contribution in [2.75, 3.05) is 52.1 Å². The van der Waals surface area contributed by atoms with Crippen LogP contribution < -0.4 is 20.1 Å². The third-order valence-corrected chi connectivity index (χ3v) is 6.60. The van der Waals surface area contributed by atoms with Gasteiger partial charge in [0.15, 0.2) is 5.96 Å². The molecule has 0 spiro atoms. The molecular formula is C21H38IN5O3S. The van der Waals surface area contributed by atoms with Gasteiger partial charge in [-0.15, -0.1) is 24.0 Å². The summed E-state index contributed by atoms with van der Waals surface area (Å²) < 4.78 is 30.9. The highest BCUT2D eigenvalue weighted by Gasteiger charge is 2.23. The van der Waals surface area contributed by atoms with Crippen molar-refractivity contribution in [3.8, 4) is 5.75 Å². The summed E-state index contributed by atoms with van der Waals surface area (Å²) in [5, 5.41) is 6.58. The van der Waals surface area contributed by atoms with Crippen molar-refractivity contribution in [3.05, 3.63) is 29.8 Å². The number of nitrogens with one attached hydrogen (secondary N) is 3. The Labute approximate surface area is 204 Å². The maximum absolute atomic E-state index is 11.5. The Morgan fingerprint density at radius 2 is 1.81 bits per heavy atom. The Morgan fingerprint density at radius 3 is 2.39 bits per heavy atom. The van der Waals surface area contributed by atoms with E-state index in [1.807, 2.05) is 19.1 Å². The standard InChI is InChI=1S/C21H37N5O3S.HI/c1-4-22-21(23-13-8-14-25-30(27,28)5-2)24-17-20(26-15-6-7-16-26)18-9-11-19(29-3)12-10-18;/h9-12,20,25H,4-8,13-17H2,1-3H3,(H2,22,23,24);1H. The van der Waals surface area contributed by atoms with Gasteiger partial charge in [-0.3, -0.25) is 9.89 Å². The summed E-state index contributed by atoms with van der Waals surface area (Å²) in [4.78, 5) is 7.32. The third-order valence-electron chi connectivity index (χ3n) is 5.20. The summed E-state index contributed by atoms with van der Waals surface area (Å²) in [6, 6.07) is 8.48. The van der Waals surface area contributed by atoms with E-state index in [-0.39, 0.29) is 35.8 Å². The third kappa shape index (κ3) is 9.92. The number of halogens is 1. The van der Waals surface area contributed by atoms with Crippen LogP contribution in [0.3, 0.4) is 0 Å². The van der Waals surface area contributed by atoms with Crippen LogP contribution in [0.5, 0.6) is 5.75 Å². The fourth-order valence-electron chi connectivity index (χ4n) is 3.46. The maximum Gasteiger partial charge on any atom is 0.211 e. The van der Waals surface area contributed by atoms with Gasteiger partial charge in [0.25, 0.3) is 0 Å². The topological polar surface area (TPSA) is 95.1 Å². The van der Waals surface area contributed by atoms with Crippen molar-refractivity contribution >= 4 is 40.0 Å². The van der Waals surface area contributed by atoms with Crippen LogP contribution in [-0.4, -0.2) is 71.4 Å². The lowest BCUT2D eigenvalue weighted by Gasteiger charge is -2.27. The van der Waals surface area contributed by atoms with Crippen molar-refractivity contribution < 1.29 is 13.2 Å². The number of hydrogen-bond donors (Lipinski definition) is 3. The maximum atomic E-state index is 11.5. The molecule has 0 saturated carbocycles. The van der Waals surface area contributed by atoms with Gasteiger partial charge in [0.05, 0.1) is 25.4 Å². The smallest absolute Gasteiger partial charge is 0.211 e. The normalized spacial score (nSPS) is 15.9. The first-order chi connectivity index (χ1) is 14.5. The quantitative estimate of drug-likeness (QED) is 0.155. The van der Waals surface area contributed by atoms with E-state index >= 15 is 0 Å². The number of ether oxygens (including phenoxy) is 1. The molecule has 0 aromatic heterocycles. The zero-order valence-corrected chi connectivity index (χ0v) is 22.0. The van der Waals surface area contributed by atoms with E-state index in [2.05, 4.69) is 32.4 Å². The van der Waals surface area contributed by atoms with Gasteiger partial charge in [0.1, 0.15) is 5.75 Å². The fourth-order valence-corrected chi connectivity index (χ4v) is 4.11. The average molecular weight is 568 g/mol. The van der Waals surface area contributed by atoms with Crippen LogP contribution in [0.15, 0.2) is 29.3 Å². The molecular weight excluding hydrogens is 529 g/mol. The van der Waals surface area contributed by atoms with E-state index < -0.39 is 10.0 Å². The molecule has 1 heterocycles. The summed E-state index contributed by atoms with van der Waals surface area (Å²) in [7, 11) is -1.46. The molecule has 2 rings (SSSR count). The SMILES string of the molecule is CCNC(=NCC(c1ccc(OC)cc1)N1CCCC1)NCCCNS(=O)(=O)CC.I. The summed E-state index contributed by atoms with van der Waals surface area (Å²) in [5.41, 5.74) is 1.24. The van der Waals surface area contributed by atoms with E-state index in [4.69, 9.17) is 9.73 Å². The van der Waals surface area contributed by atoms with Crippen LogP contribution in [0.4, 0.5) is 0 Å². The number of guanidine groups is 1. The van der Waals surface area contributed by atoms with Gasteiger partial charge >= 0.3 is 0 Å². The number of hydrogen-bond acceptors (Lipinski definition) is 5. The predicted octanol–water partition coefficient (Wildman–Crippen LogP) is 2.33. The zero-order valence-electron chi connectivity index (χ0n) is 18.9. The molecule has 3 N–H and O–H groups in total. The van der Waals surface area contributed by atoms with Crippen LogP contribution in [0, 0.1) is 0 Å². The van der Waals surface area contributed by atoms with Crippen LogP contribution >= 0.6 is 24.0 Å². The highest BCUT2D eigenvalue weighted by molar-refractivity contribution is 14.0. The van der Waals surface area contributed by atoms with Crippen LogP contribution in [0.1, 0.15) is 44.7 Å². The number of sulfonamides is 1. The second-order valence-electron chi connectivity index (χ2n) is 7.33. The fraction of sp³-hybridized carbons (Fsp3) is 0.667. The number of aliphatic imine (C=N–C) groups is 1. The molecule has 1 atom stereocenters. The Morgan fingerprint density at radius 1 is 1.13 bits per heavy atom. The van der Waals surface area contributed by atoms with E-state index in [9.17, 15) is 8.42 Å². The molecule has 1 aliphatic heterocycles. The molecule has 0 radical (unpaired) electrons. The molecule has 1 aliphatic rings. The van der Waals surface area contributed by atoms with E-state index in [1.165, 1.54) is 18.4 Å². The highest BCUT2D eigenvalue weighted by Crippen LogP contribution is 2.27. The van der Waals surface area contributed by atoms with Crippen molar-refractivity contribution in [1.82, 2.24) is 20.3 Å². The first-order valence-corrected chi connectivity index (χ1v) is 12.5. The van der Waals surface area contributed by atoms with Gasteiger partial charge in [0, 0.05) is 19.6 Å². The van der Waals surface area contributed by atoms with Gasteiger partial charge in [-0.25, -0.2) is 13.1 Å². The van der Waals surface area contributed by atoms with E-state index in [0.717, 1.165) is 31.3 Å². The second-order valence-corrected chi connectivity index (χ2v) is 9.43. The zero-order chi connectivity index (χ0) is 21.8. The van der Waals surface area contributed by atoms with Gasteiger partial charge in [-0.2, -0.15) is 0 Å². The first kappa shape index (κ1) is 27.9. The minimum atomic E-state index is -3.14. The summed E-state index contributed by atoms with van der Waals surface area (Å²) >= 11 is 0. The Kier molecular flexibility index (Phi) is 13.4. The van der Waals surface area contributed by atoms with E-state index in [0.29, 0.717) is 26.1 Å². The lowest BCUT2D eigenvalue weighted by Crippen LogP contribution is -2.39. The van der Waals surface area contributed by atoms with Crippen LogP contribution in [0.2, 0.25) is 0 Å². The molecule has 1 aromatic rings. The summed E-state index contributed by atoms with van der Waals surface area (Å²) in [5.74, 6) is 1.72. The Balaban J connectivity index is 0.00000480. The summed E-state index contributed by atoms with van der Waals surface area (Å²) in [6.45, 7) is 8.35. The van der Waals surface area contributed by atoms with Crippen molar-refractivity contribution in [2.24, 2.45) is 4.99 Å². The number of nitrogens with zero attached hydrogens (tertiary/aromatic N) is 2. The lowest BCUT2D eigenvalue weighted by atomic mass is 10.1. The van der Waals surface area contributed by atoms with Gasteiger partial charge < -0.3 is 15.4 Å². The monoisotopic (exact) mass is 567 g/mol. The molecule has 1 fully saturated rings. The van der Waals surface area contributed by atoms with E-state index in [1.54, 1.807) is 14.0 Å². The van der Waals surface area contributed by atoms with Gasteiger partial charge in [0.2, 0.25) is 10.0 Å². The lowest BCUT2D eigenvalue weighted by molar-refractivity contribution is 0.251. The predicted molar refractivity (Wildman–Crippen MR) is 138 cm³/mol. The molecule has 8 nitrogen and oxygen atoms in total. The van der Waals surface area contributed by atoms with Gasteiger partial charge in [-0.05, 0) is 63.9 Å². The molecule has 31 heavy (non-hydrogen) atoms. The largest absolute Gasteiger partial charge is 0.497 e. The Bertz CT molecular complexity index is 753. The van der Waals surface area contributed by atoms with Crippen molar-refractivity contribution in [2.45, 2.75) is 39.2 Å². The second kappa shape index (κ2) is 14.9. The molecule has 0 aliphatic carbocycles. The number of rotatable bonds is 12. The van der Waals surface area contributed by atoms with Crippen LogP contribution in [-0.2, 0) is 10.0 Å². The molecule has 0 amide bonds. The molecule has 1 aromatic carbocycles. The minimum absolute atomic E-state index is 0. The molecule has 0 bridgehead atoms. The highest BCUT2D eigenvalue weighted by atomic mass is 127. The summed E-state index contributed by atoms with van der Waals surface area (Å²) in [6.07, 6.45) is 3.14. The molecule has 1 saturated heterocycles. The number of methoxy groups -OCH3 is 1. The van der Waals surface area contributed by atoms with Crippen molar-refractivity contribution in [1.29, 1.82) is 0 Å². The molecule has 10 heteroatoms. The number of likely N-dealkylation sites (tertiary alicyclic amines) is 1. The molecule has 178 valence electrons. The Hall–Kier alpha value is -1.11. The minimum Gasteiger partial charge on any atom is -0.497 e. The first-order valence-electron chi connectivity index (χ1n) is 10.9. The average Bonchev–Trinajstić information content (AvgIpc) is 3.28. The molecule has 1 unspecified atom stereocenters. The number of benzene rings is 1. The van der Waals surface area contributed by atoms with Crippen LogP contribution in [0.25, 0.3) is 0 Å². The van der Waals surface area contributed by atoms with Crippen molar-refractivity contribution in [3.63, 3.8) is 0 Å².